The Labute approximate surface area is 168 Å². The summed E-state index contributed by atoms with van der Waals surface area (Å²) >= 11 is 1.35. The fourth-order valence-electron chi connectivity index (χ4n) is 3.11. The van der Waals surface area contributed by atoms with Crippen LogP contribution < -0.4 is 10.2 Å². The molecule has 154 valence electrons. The summed E-state index contributed by atoms with van der Waals surface area (Å²) in [6, 6.07) is 4.47. The molecule has 1 saturated heterocycles. The van der Waals surface area contributed by atoms with Gasteiger partial charge in [0, 0.05) is 17.1 Å². The second kappa shape index (κ2) is 7.82. The lowest BCUT2D eigenvalue weighted by Crippen LogP contribution is -2.60. The van der Waals surface area contributed by atoms with Crippen molar-refractivity contribution >= 4 is 22.3 Å². The van der Waals surface area contributed by atoms with Gasteiger partial charge in [-0.2, -0.15) is 0 Å². The molecular formula is C19H19NO8S. The number of ether oxygens (including phenoxy) is 2. The van der Waals surface area contributed by atoms with Crippen molar-refractivity contribution in [1.82, 2.24) is 4.98 Å². The number of benzene rings is 1. The first kappa shape index (κ1) is 20.0. The van der Waals surface area contributed by atoms with Crippen molar-refractivity contribution in [3.8, 4) is 16.3 Å². The lowest BCUT2D eigenvalue weighted by molar-refractivity contribution is -0.277. The third-order valence-corrected chi connectivity index (χ3v) is 5.69. The van der Waals surface area contributed by atoms with E-state index < -0.39 is 37.3 Å². The van der Waals surface area contributed by atoms with Crippen LogP contribution in [-0.2, 0) is 4.74 Å². The minimum Gasteiger partial charge on any atom is -0.463 e. The van der Waals surface area contributed by atoms with Crippen LogP contribution in [0, 0.1) is 6.92 Å². The van der Waals surface area contributed by atoms with Crippen LogP contribution in [-0.4, -0.2) is 62.7 Å². The van der Waals surface area contributed by atoms with Crippen LogP contribution in [0.1, 0.15) is 5.69 Å². The van der Waals surface area contributed by atoms with Gasteiger partial charge in [-0.3, -0.25) is 4.79 Å². The number of aliphatic hydroxyl groups excluding tert-OH is 4. The van der Waals surface area contributed by atoms with Gasteiger partial charge in [-0.05, 0) is 19.1 Å². The Hall–Kier alpha value is -2.34. The number of aliphatic hydroxyl groups is 4. The zero-order valence-corrected chi connectivity index (χ0v) is 16.1. The molecule has 0 radical (unpaired) electrons. The Morgan fingerprint density at radius 1 is 1.21 bits per heavy atom. The van der Waals surface area contributed by atoms with E-state index >= 15 is 0 Å². The minimum atomic E-state index is -1.55. The average Bonchev–Trinajstić information content (AvgIpc) is 3.14. The maximum absolute atomic E-state index is 12.8. The van der Waals surface area contributed by atoms with E-state index in [1.54, 1.807) is 0 Å². The average molecular weight is 421 g/mol. The van der Waals surface area contributed by atoms with Gasteiger partial charge in [-0.25, -0.2) is 4.98 Å². The predicted molar refractivity (Wildman–Crippen MR) is 103 cm³/mol. The Bertz CT molecular complexity index is 1080. The Balaban J connectivity index is 1.62. The highest BCUT2D eigenvalue weighted by Gasteiger charge is 2.44. The van der Waals surface area contributed by atoms with Crippen molar-refractivity contribution in [2.75, 3.05) is 6.61 Å². The van der Waals surface area contributed by atoms with Crippen molar-refractivity contribution in [3.05, 3.63) is 45.8 Å². The Morgan fingerprint density at radius 3 is 2.69 bits per heavy atom. The van der Waals surface area contributed by atoms with E-state index in [2.05, 4.69) is 4.98 Å². The highest BCUT2D eigenvalue weighted by Crippen LogP contribution is 2.28. The van der Waals surface area contributed by atoms with Crippen LogP contribution in [0.15, 0.2) is 39.1 Å². The summed E-state index contributed by atoms with van der Waals surface area (Å²) in [6.45, 7) is 1.28. The van der Waals surface area contributed by atoms with E-state index in [1.807, 2.05) is 12.3 Å². The molecule has 0 aliphatic carbocycles. The number of hydrogen-bond donors (Lipinski definition) is 4. The van der Waals surface area contributed by atoms with Crippen LogP contribution in [0.5, 0.6) is 5.75 Å². The van der Waals surface area contributed by atoms with Crippen LogP contribution >= 0.6 is 11.3 Å². The third kappa shape index (κ3) is 3.66. The molecule has 5 atom stereocenters. The number of aryl methyl sites for hydroxylation is 1. The van der Waals surface area contributed by atoms with Gasteiger partial charge in [0.05, 0.1) is 17.6 Å². The van der Waals surface area contributed by atoms with Crippen molar-refractivity contribution in [2.45, 2.75) is 37.6 Å². The fourth-order valence-corrected chi connectivity index (χ4v) is 3.91. The topological polar surface area (TPSA) is 142 Å². The number of hydrogen-bond acceptors (Lipinski definition) is 10. The van der Waals surface area contributed by atoms with Gasteiger partial charge in [0.2, 0.25) is 11.7 Å². The Morgan fingerprint density at radius 2 is 2.00 bits per heavy atom. The number of rotatable bonds is 4. The molecule has 4 N–H and O–H groups in total. The number of nitrogens with zero attached hydrogens (tertiary/aromatic N) is 1. The molecule has 10 heteroatoms. The van der Waals surface area contributed by atoms with Crippen molar-refractivity contribution in [3.63, 3.8) is 0 Å². The van der Waals surface area contributed by atoms with E-state index in [4.69, 9.17) is 13.9 Å². The molecule has 1 aromatic carbocycles. The van der Waals surface area contributed by atoms with Crippen molar-refractivity contribution < 1.29 is 34.3 Å². The number of fused-ring (bicyclic) bond motifs is 1. The highest BCUT2D eigenvalue weighted by atomic mass is 32.1. The van der Waals surface area contributed by atoms with Gasteiger partial charge >= 0.3 is 0 Å². The molecule has 0 saturated carbocycles. The summed E-state index contributed by atoms with van der Waals surface area (Å²) in [5, 5.41) is 41.8. The summed E-state index contributed by atoms with van der Waals surface area (Å²) in [4.78, 5) is 17.1. The van der Waals surface area contributed by atoms with Crippen LogP contribution in [0.4, 0.5) is 0 Å². The van der Waals surface area contributed by atoms with E-state index in [0.717, 1.165) is 5.69 Å². The maximum Gasteiger partial charge on any atom is 0.229 e. The molecular weight excluding hydrogens is 402 g/mol. The zero-order valence-electron chi connectivity index (χ0n) is 15.3. The van der Waals surface area contributed by atoms with E-state index in [0.29, 0.717) is 16.0 Å². The van der Waals surface area contributed by atoms with Crippen molar-refractivity contribution in [2.24, 2.45) is 0 Å². The molecule has 2 aromatic heterocycles. The van der Waals surface area contributed by atoms with Gasteiger partial charge < -0.3 is 34.3 Å². The van der Waals surface area contributed by atoms with Gasteiger partial charge in [0.15, 0.2) is 0 Å². The summed E-state index contributed by atoms with van der Waals surface area (Å²) in [6.07, 6.45) is -5.63. The number of thiazole rings is 1. The van der Waals surface area contributed by atoms with Crippen LogP contribution in [0.2, 0.25) is 0 Å². The quantitative estimate of drug-likeness (QED) is 0.471. The minimum absolute atomic E-state index is 0.211. The predicted octanol–water partition coefficient (Wildman–Crippen LogP) is 0.404. The smallest absolute Gasteiger partial charge is 0.229 e. The zero-order chi connectivity index (χ0) is 20.7. The lowest BCUT2D eigenvalue weighted by atomic mass is 9.99. The Kier molecular flexibility index (Phi) is 5.38. The van der Waals surface area contributed by atoms with Gasteiger partial charge in [-0.15, -0.1) is 11.3 Å². The maximum atomic E-state index is 12.8. The van der Waals surface area contributed by atoms with Crippen LogP contribution in [0.25, 0.3) is 21.5 Å². The summed E-state index contributed by atoms with van der Waals surface area (Å²) < 4.78 is 16.5. The molecule has 4 rings (SSSR count). The first-order chi connectivity index (χ1) is 13.9. The second-order valence-electron chi connectivity index (χ2n) is 6.75. The molecule has 29 heavy (non-hydrogen) atoms. The van der Waals surface area contributed by atoms with E-state index in [9.17, 15) is 25.2 Å². The summed E-state index contributed by atoms with van der Waals surface area (Å²) in [5.41, 5.74) is 1.19. The molecule has 9 nitrogen and oxygen atoms in total. The molecule has 0 spiro atoms. The molecule has 0 bridgehead atoms. The van der Waals surface area contributed by atoms with Gasteiger partial charge in [-0.1, -0.05) is 0 Å². The summed E-state index contributed by atoms with van der Waals surface area (Å²) in [5.74, 6) is 0.211. The molecule has 1 aliphatic heterocycles. The monoisotopic (exact) mass is 421 g/mol. The molecule has 1 fully saturated rings. The first-order valence-electron chi connectivity index (χ1n) is 8.84. The highest BCUT2D eigenvalue weighted by molar-refractivity contribution is 7.13. The number of aromatic nitrogens is 1. The molecule has 0 unspecified atom stereocenters. The molecule has 3 aromatic rings. The lowest BCUT2D eigenvalue weighted by Gasteiger charge is -2.39. The largest absolute Gasteiger partial charge is 0.463 e. The second-order valence-corrected chi connectivity index (χ2v) is 7.60. The summed E-state index contributed by atoms with van der Waals surface area (Å²) in [7, 11) is 0. The first-order valence-corrected chi connectivity index (χ1v) is 9.72. The van der Waals surface area contributed by atoms with Gasteiger partial charge in [0.25, 0.3) is 0 Å². The molecule has 1 aliphatic rings. The normalized spacial score (nSPS) is 27.3. The SMILES string of the molecule is Cc1csc(-c2coc3cc(O[C@@H]4O[C@H](CO)[C@H](O)[C@H](O)[C@@H]4O)ccc3c2=O)n1. The van der Waals surface area contributed by atoms with Crippen molar-refractivity contribution in [1.29, 1.82) is 0 Å². The third-order valence-electron chi connectivity index (χ3n) is 4.70. The molecule has 0 amide bonds. The van der Waals surface area contributed by atoms with E-state index in [1.165, 1.54) is 35.8 Å². The van der Waals surface area contributed by atoms with Gasteiger partial charge in [0.1, 0.15) is 47.0 Å². The fraction of sp³-hybridized carbons (Fsp3) is 0.368. The van der Waals surface area contributed by atoms with Crippen LogP contribution in [0.3, 0.4) is 0 Å². The standard InChI is InChI=1S/C19H19NO8S/c1-8-7-29-18(20-8)11-6-26-12-4-9(2-3-10(12)14(11)22)27-19-17(25)16(24)15(23)13(5-21)28-19/h2-4,6-7,13,15-17,19,21,23-25H,5H2,1H3/t13-,15+,16+,17+,19-/m1/s1. The molecule has 3 heterocycles. The van der Waals surface area contributed by atoms with E-state index in [-0.39, 0.29) is 16.8 Å².